The number of carboxylic acid groups (broad SMARTS) is 1. The maximum atomic E-state index is 10.9. The monoisotopic (exact) mass is 391 g/mol. The van der Waals surface area contributed by atoms with Crippen molar-refractivity contribution in [2.24, 2.45) is 0 Å². The molecule has 0 fully saturated rings. The summed E-state index contributed by atoms with van der Waals surface area (Å²) in [7, 11) is 0. The Kier molecular flexibility index (Phi) is 7.45. The zero-order valence-corrected chi connectivity index (χ0v) is 15.2. The van der Waals surface area contributed by atoms with Crippen LogP contribution >= 0.6 is 11.6 Å². The first kappa shape index (κ1) is 21.5. The molecule has 2 aromatic carbocycles. The standard InChI is InChI=1S/C21H18ClNO3.Na.H/c1-13(16-4-3-5-19(11-16)26-14(2)21(24)25)10-18-9-7-15-6-8-17(22)12-20(15)23-18;;/h3-12,14H,1-2H3,(H,24,25);;/b13-10-;;. The number of rotatable bonds is 5. The van der Waals surface area contributed by atoms with Gasteiger partial charge in [0.1, 0.15) is 5.75 Å². The van der Waals surface area contributed by atoms with Crippen molar-refractivity contribution in [2.75, 3.05) is 0 Å². The molecule has 134 valence electrons. The van der Waals surface area contributed by atoms with E-state index in [1.807, 2.05) is 61.5 Å². The summed E-state index contributed by atoms with van der Waals surface area (Å²) >= 11 is 6.04. The number of aromatic nitrogens is 1. The third-order valence-corrected chi connectivity index (χ3v) is 4.23. The van der Waals surface area contributed by atoms with E-state index in [1.165, 1.54) is 6.92 Å². The van der Waals surface area contributed by atoms with Gasteiger partial charge in [-0.05, 0) is 61.4 Å². The normalized spacial score (nSPS) is 12.3. The van der Waals surface area contributed by atoms with E-state index in [-0.39, 0.29) is 29.6 Å². The molecular formula is C21H19ClNNaO3. The van der Waals surface area contributed by atoms with Crippen LogP contribution in [0.5, 0.6) is 5.75 Å². The average molecular weight is 392 g/mol. The molecule has 0 saturated carbocycles. The Labute approximate surface area is 185 Å². The molecule has 1 atom stereocenters. The molecule has 1 aromatic heterocycles. The number of halogens is 1. The van der Waals surface area contributed by atoms with Gasteiger partial charge in [-0.1, -0.05) is 35.9 Å². The second-order valence-electron chi connectivity index (χ2n) is 6.03. The summed E-state index contributed by atoms with van der Waals surface area (Å²) in [6, 6.07) is 16.9. The van der Waals surface area contributed by atoms with Crippen molar-refractivity contribution < 1.29 is 14.6 Å². The van der Waals surface area contributed by atoms with Gasteiger partial charge in [-0.2, -0.15) is 0 Å². The van der Waals surface area contributed by atoms with Gasteiger partial charge < -0.3 is 9.84 Å². The average Bonchev–Trinajstić information content (AvgIpc) is 2.61. The summed E-state index contributed by atoms with van der Waals surface area (Å²) in [5.41, 5.74) is 3.59. The van der Waals surface area contributed by atoms with E-state index in [4.69, 9.17) is 21.4 Å². The third-order valence-electron chi connectivity index (χ3n) is 3.99. The Bertz CT molecular complexity index is 1000. The summed E-state index contributed by atoms with van der Waals surface area (Å²) in [4.78, 5) is 15.6. The molecule has 1 unspecified atom stereocenters. The number of allylic oxidation sites excluding steroid dienone is 1. The summed E-state index contributed by atoms with van der Waals surface area (Å²) in [6.07, 6.45) is 1.07. The Morgan fingerprint density at radius 3 is 2.67 bits per heavy atom. The minimum absolute atomic E-state index is 0. The summed E-state index contributed by atoms with van der Waals surface area (Å²) in [5, 5.41) is 10.7. The zero-order valence-electron chi connectivity index (χ0n) is 14.4. The number of pyridine rings is 1. The summed E-state index contributed by atoms with van der Waals surface area (Å²) in [6.45, 7) is 3.48. The van der Waals surface area contributed by atoms with Crippen LogP contribution < -0.4 is 4.74 Å². The third kappa shape index (κ3) is 5.56. The van der Waals surface area contributed by atoms with E-state index in [2.05, 4.69) is 4.98 Å². The second-order valence-corrected chi connectivity index (χ2v) is 6.46. The van der Waals surface area contributed by atoms with Crippen LogP contribution in [-0.2, 0) is 4.79 Å². The van der Waals surface area contributed by atoms with Gasteiger partial charge in [0.25, 0.3) is 0 Å². The first-order chi connectivity index (χ1) is 12.4. The summed E-state index contributed by atoms with van der Waals surface area (Å²) in [5.74, 6) is -0.481. The van der Waals surface area contributed by atoms with Crippen molar-refractivity contribution >= 4 is 69.7 Å². The molecular weight excluding hydrogens is 373 g/mol. The van der Waals surface area contributed by atoms with E-state index in [0.717, 1.165) is 27.7 Å². The number of nitrogens with zero attached hydrogens (tertiary/aromatic N) is 1. The van der Waals surface area contributed by atoms with E-state index in [9.17, 15) is 4.79 Å². The number of fused-ring (bicyclic) bond motifs is 1. The van der Waals surface area contributed by atoms with E-state index in [0.29, 0.717) is 10.8 Å². The molecule has 0 saturated heterocycles. The van der Waals surface area contributed by atoms with Gasteiger partial charge in [0.2, 0.25) is 0 Å². The van der Waals surface area contributed by atoms with Gasteiger partial charge in [-0.15, -0.1) is 0 Å². The van der Waals surface area contributed by atoms with Gasteiger partial charge in [-0.25, -0.2) is 9.78 Å². The van der Waals surface area contributed by atoms with Crippen LogP contribution in [0.4, 0.5) is 0 Å². The van der Waals surface area contributed by atoms with Gasteiger partial charge in [0.15, 0.2) is 6.10 Å². The molecule has 0 radical (unpaired) electrons. The van der Waals surface area contributed by atoms with Crippen LogP contribution in [0.25, 0.3) is 22.6 Å². The number of carbonyl (C=O) groups is 1. The van der Waals surface area contributed by atoms with Crippen LogP contribution in [0.15, 0.2) is 54.6 Å². The summed E-state index contributed by atoms with van der Waals surface area (Å²) < 4.78 is 5.43. The Hall–Kier alpha value is -1.85. The maximum absolute atomic E-state index is 10.9. The fraction of sp³-hybridized carbons (Fsp3) is 0.143. The molecule has 0 bridgehead atoms. The molecule has 1 heterocycles. The predicted octanol–water partition coefficient (Wildman–Crippen LogP) is 4.65. The fourth-order valence-electron chi connectivity index (χ4n) is 2.56. The van der Waals surface area contributed by atoms with E-state index < -0.39 is 12.1 Å². The number of carboxylic acids is 1. The van der Waals surface area contributed by atoms with Gasteiger partial charge >= 0.3 is 35.5 Å². The molecule has 3 aromatic rings. The molecule has 0 spiro atoms. The quantitative estimate of drug-likeness (QED) is 0.643. The van der Waals surface area contributed by atoms with Crippen molar-refractivity contribution in [3.8, 4) is 5.75 Å². The predicted molar refractivity (Wildman–Crippen MR) is 112 cm³/mol. The molecule has 0 aliphatic rings. The molecule has 1 N–H and O–H groups in total. The van der Waals surface area contributed by atoms with Gasteiger partial charge in [0.05, 0.1) is 11.2 Å². The number of ether oxygens (including phenoxy) is 1. The molecule has 0 aliphatic carbocycles. The zero-order chi connectivity index (χ0) is 18.7. The molecule has 27 heavy (non-hydrogen) atoms. The topological polar surface area (TPSA) is 59.4 Å². The number of benzene rings is 2. The van der Waals surface area contributed by atoms with Crippen LogP contribution in [0.3, 0.4) is 0 Å². The van der Waals surface area contributed by atoms with E-state index >= 15 is 0 Å². The van der Waals surface area contributed by atoms with Crippen LogP contribution in [0, 0.1) is 0 Å². The van der Waals surface area contributed by atoms with Crippen molar-refractivity contribution in [1.82, 2.24) is 4.98 Å². The van der Waals surface area contributed by atoms with Crippen molar-refractivity contribution in [3.05, 3.63) is 70.9 Å². The fourth-order valence-corrected chi connectivity index (χ4v) is 2.73. The van der Waals surface area contributed by atoms with Gasteiger partial charge in [0, 0.05) is 10.4 Å². The number of aliphatic carboxylic acids is 1. The molecule has 0 aliphatic heterocycles. The second kappa shape index (κ2) is 9.38. The SMILES string of the molecule is C/C(=C/c1ccc2ccc(Cl)cc2n1)c1cccc(OC(C)C(=O)O)c1.[NaH]. The van der Waals surface area contributed by atoms with Crippen LogP contribution in [0.1, 0.15) is 25.1 Å². The first-order valence-corrected chi connectivity index (χ1v) is 8.55. The molecule has 3 rings (SSSR count). The first-order valence-electron chi connectivity index (χ1n) is 8.17. The van der Waals surface area contributed by atoms with Gasteiger partial charge in [-0.3, -0.25) is 0 Å². The molecule has 4 nitrogen and oxygen atoms in total. The number of hydrogen-bond acceptors (Lipinski definition) is 3. The van der Waals surface area contributed by atoms with E-state index in [1.54, 1.807) is 6.07 Å². The Morgan fingerprint density at radius 1 is 1.19 bits per heavy atom. The number of hydrogen-bond donors (Lipinski definition) is 1. The van der Waals surface area contributed by atoms with Crippen molar-refractivity contribution in [2.45, 2.75) is 20.0 Å². The van der Waals surface area contributed by atoms with Crippen molar-refractivity contribution in [3.63, 3.8) is 0 Å². The minimum atomic E-state index is -0.998. The Morgan fingerprint density at radius 2 is 1.93 bits per heavy atom. The molecule has 6 heteroatoms. The van der Waals surface area contributed by atoms with Crippen LogP contribution in [-0.4, -0.2) is 51.7 Å². The van der Waals surface area contributed by atoms with Crippen molar-refractivity contribution in [1.29, 1.82) is 0 Å². The molecule has 0 amide bonds. The Balaban J connectivity index is 0.00000261. The van der Waals surface area contributed by atoms with Crippen LogP contribution in [0.2, 0.25) is 5.02 Å².